The summed E-state index contributed by atoms with van der Waals surface area (Å²) >= 11 is 5.91. The number of rotatable bonds is 4. The Balaban J connectivity index is 2.37. The Morgan fingerprint density at radius 2 is 2.10 bits per heavy atom. The Hall–Kier alpha value is -2.06. The number of hydrogen-bond donors (Lipinski definition) is 3. The van der Waals surface area contributed by atoms with E-state index in [1.54, 1.807) is 6.92 Å². The fourth-order valence-electron chi connectivity index (χ4n) is 1.72. The van der Waals surface area contributed by atoms with E-state index < -0.39 is 15.9 Å². The van der Waals surface area contributed by atoms with Crippen molar-refractivity contribution in [3.8, 4) is 0 Å². The van der Waals surface area contributed by atoms with Crippen molar-refractivity contribution in [1.82, 2.24) is 15.5 Å². The van der Waals surface area contributed by atoms with Crippen LogP contribution in [-0.2, 0) is 10.0 Å². The summed E-state index contributed by atoms with van der Waals surface area (Å²) in [6.45, 7) is 1.60. The summed E-state index contributed by atoms with van der Waals surface area (Å²) in [7, 11) is -2.32. The van der Waals surface area contributed by atoms with Gasteiger partial charge in [-0.3, -0.25) is 14.6 Å². The number of nitrogens with zero attached hydrogens (tertiary/aromatic N) is 1. The molecule has 1 amide bonds. The van der Waals surface area contributed by atoms with E-state index in [1.165, 1.54) is 31.4 Å². The molecular weight excluding hydrogens is 316 g/mol. The molecule has 0 aliphatic carbocycles. The maximum Gasteiger partial charge on any atom is 0.265 e. The Kier molecular flexibility index (Phi) is 4.19. The number of carbonyl (C=O) groups is 1. The van der Waals surface area contributed by atoms with Gasteiger partial charge in [0.2, 0.25) is 0 Å². The van der Waals surface area contributed by atoms with E-state index in [9.17, 15) is 13.2 Å². The smallest absolute Gasteiger partial charge is 0.265 e. The zero-order valence-corrected chi connectivity index (χ0v) is 12.8. The fourth-order valence-corrected chi connectivity index (χ4v) is 3.11. The number of aromatic nitrogens is 2. The Bertz CT molecular complexity index is 786. The predicted octanol–water partition coefficient (Wildman–Crippen LogP) is 1.53. The third-order valence-corrected chi connectivity index (χ3v) is 4.59. The van der Waals surface area contributed by atoms with Gasteiger partial charge in [0, 0.05) is 12.7 Å². The summed E-state index contributed by atoms with van der Waals surface area (Å²) in [6.07, 6.45) is 1.22. The van der Waals surface area contributed by atoms with Crippen LogP contribution in [0.4, 0.5) is 5.69 Å². The minimum absolute atomic E-state index is 0.0407. The van der Waals surface area contributed by atoms with Gasteiger partial charge in [-0.25, -0.2) is 8.42 Å². The SMILES string of the molecule is CNC(=O)c1cc(NS(=O)(=O)c2cn[nH]c2C)ccc1Cl. The van der Waals surface area contributed by atoms with Crippen LogP contribution in [0, 0.1) is 6.92 Å². The van der Waals surface area contributed by atoms with Crippen LogP contribution in [0.5, 0.6) is 0 Å². The van der Waals surface area contributed by atoms with Crippen molar-refractivity contribution in [2.45, 2.75) is 11.8 Å². The van der Waals surface area contributed by atoms with Gasteiger partial charge in [0.1, 0.15) is 4.90 Å². The van der Waals surface area contributed by atoms with Crippen LogP contribution in [0.1, 0.15) is 16.1 Å². The van der Waals surface area contributed by atoms with E-state index >= 15 is 0 Å². The van der Waals surface area contributed by atoms with Crippen LogP contribution in [0.2, 0.25) is 5.02 Å². The number of anilines is 1. The number of aryl methyl sites for hydroxylation is 1. The summed E-state index contributed by atoms with van der Waals surface area (Å²) in [4.78, 5) is 11.7. The monoisotopic (exact) mass is 328 g/mol. The number of halogens is 1. The summed E-state index contributed by atoms with van der Waals surface area (Å²) in [5.41, 5.74) is 0.838. The number of nitrogens with one attached hydrogen (secondary N) is 3. The minimum atomic E-state index is -3.78. The lowest BCUT2D eigenvalue weighted by Gasteiger charge is -2.09. The lowest BCUT2D eigenvalue weighted by molar-refractivity contribution is 0.0963. The largest absolute Gasteiger partial charge is 0.355 e. The van der Waals surface area contributed by atoms with E-state index in [0.29, 0.717) is 5.69 Å². The average Bonchev–Trinajstić information content (AvgIpc) is 2.87. The van der Waals surface area contributed by atoms with Gasteiger partial charge in [-0.15, -0.1) is 0 Å². The Morgan fingerprint density at radius 1 is 1.38 bits per heavy atom. The molecule has 0 atom stereocenters. The first-order valence-electron chi connectivity index (χ1n) is 5.89. The third kappa shape index (κ3) is 3.17. The molecule has 9 heteroatoms. The van der Waals surface area contributed by atoms with Crippen molar-refractivity contribution in [2.24, 2.45) is 0 Å². The molecule has 0 aliphatic rings. The van der Waals surface area contributed by atoms with Gasteiger partial charge in [-0.05, 0) is 25.1 Å². The fraction of sp³-hybridized carbons (Fsp3) is 0.167. The van der Waals surface area contributed by atoms with Crippen molar-refractivity contribution < 1.29 is 13.2 Å². The van der Waals surface area contributed by atoms with Crippen LogP contribution >= 0.6 is 11.6 Å². The molecule has 0 fully saturated rings. The maximum absolute atomic E-state index is 12.2. The first kappa shape index (κ1) is 15.3. The highest BCUT2D eigenvalue weighted by Gasteiger charge is 2.19. The second kappa shape index (κ2) is 5.74. The number of aromatic amines is 1. The predicted molar refractivity (Wildman–Crippen MR) is 79.0 cm³/mol. The van der Waals surface area contributed by atoms with E-state index in [4.69, 9.17) is 11.6 Å². The Labute approximate surface area is 126 Å². The molecule has 7 nitrogen and oxygen atoms in total. The van der Waals surface area contributed by atoms with Gasteiger partial charge in [-0.2, -0.15) is 5.10 Å². The summed E-state index contributed by atoms with van der Waals surface area (Å²) in [5.74, 6) is -0.402. The van der Waals surface area contributed by atoms with E-state index in [2.05, 4.69) is 20.2 Å². The highest BCUT2D eigenvalue weighted by Crippen LogP contribution is 2.23. The second-order valence-corrected chi connectivity index (χ2v) is 6.30. The number of benzene rings is 1. The molecule has 21 heavy (non-hydrogen) atoms. The quantitative estimate of drug-likeness (QED) is 0.791. The zero-order chi connectivity index (χ0) is 15.6. The highest BCUT2D eigenvalue weighted by atomic mass is 35.5. The van der Waals surface area contributed by atoms with Crippen molar-refractivity contribution in [3.63, 3.8) is 0 Å². The van der Waals surface area contributed by atoms with Crippen LogP contribution in [0.3, 0.4) is 0 Å². The molecule has 0 spiro atoms. The Morgan fingerprint density at radius 3 is 2.67 bits per heavy atom. The van der Waals surface area contributed by atoms with E-state index in [-0.39, 0.29) is 21.2 Å². The van der Waals surface area contributed by atoms with Gasteiger partial charge in [0.05, 0.1) is 22.5 Å². The molecule has 0 bridgehead atoms. The van der Waals surface area contributed by atoms with Crippen molar-refractivity contribution in [3.05, 3.63) is 40.7 Å². The minimum Gasteiger partial charge on any atom is -0.355 e. The van der Waals surface area contributed by atoms with Gasteiger partial charge in [0.25, 0.3) is 15.9 Å². The molecule has 0 unspecified atom stereocenters. The standard InChI is InChI=1S/C12H13ClN4O3S/c1-7-11(6-15-16-7)21(19,20)17-8-3-4-10(13)9(5-8)12(18)14-2/h3-6,17H,1-2H3,(H,14,18)(H,15,16). The molecule has 0 radical (unpaired) electrons. The molecule has 2 aromatic rings. The average molecular weight is 329 g/mol. The molecule has 0 aliphatic heterocycles. The van der Waals surface area contributed by atoms with Crippen LogP contribution in [0.25, 0.3) is 0 Å². The van der Waals surface area contributed by atoms with Gasteiger partial charge in [-0.1, -0.05) is 11.6 Å². The van der Waals surface area contributed by atoms with E-state index in [1.807, 2.05) is 0 Å². The number of hydrogen-bond acceptors (Lipinski definition) is 4. The first-order chi connectivity index (χ1) is 9.85. The van der Waals surface area contributed by atoms with Crippen molar-refractivity contribution in [1.29, 1.82) is 0 Å². The second-order valence-electron chi connectivity index (χ2n) is 4.24. The van der Waals surface area contributed by atoms with Gasteiger partial charge < -0.3 is 5.32 Å². The molecule has 1 heterocycles. The van der Waals surface area contributed by atoms with Crippen molar-refractivity contribution in [2.75, 3.05) is 11.8 Å². The maximum atomic E-state index is 12.2. The normalized spacial score (nSPS) is 11.2. The van der Waals surface area contributed by atoms with Gasteiger partial charge in [0.15, 0.2) is 0 Å². The van der Waals surface area contributed by atoms with Crippen LogP contribution in [0.15, 0.2) is 29.3 Å². The number of H-pyrrole nitrogens is 1. The van der Waals surface area contributed by atoms with Crippen LogP contribution < -0.4 is 10.0 Å². The molecule has 1 aromatic carbocycles. The lowest BCUT2D eigenvalue weighted by Crippen LogP contribution is -2.19. The number of amides is 1. The molecule has 0 saturated heterocycles. The van der Waals surface area contributed by atoms with E-state index in [0.717, 1.165) is 0 Å². The molecule has 3 N–H and O–H groups in total. The molecule has 112 valence electrons. The number of carbonyl (C=O) groups excluding carboxylic acids is 1. The summed E-state index contributed by atoms with van der Waals surface area (Å²) in [5, 5.41) is 8.89. The first-order valence-corrected chi connectivity index (χ1v) is 7.75. The van der Waals surface area contributed by atoms with Crippen molar-refractivity contribution >= 4 is 33.2 Å². The molecule has 2 rings (SSSR count). The zero-order valence-electron chi connectivity index (χ0n) is 11.3. The topological polar surface area (TPSA) is 104 Å². The van der Waals surface area contributed by atoms with Gasteiger partial charge >= 0.3 is 0 Å². The van der Waals surface area contributed by atoms with Crippen LogP contribution in [-0.4, -0.2) is 31.6 Å². The summed E-state index contributed by atoms with van der Waals surface area (Å²) < 4.78 is 26.8. The number of sulfonamides is 1. The third-order valence-electron chi connectivity index (χ3n) is 2.76. The molecule has 1 aromatic heterocycles. The highest BCUT2D eigenvalue weighted by molar-refractivity contribution is 7.92. The molecular formula is C12H13ClN4O3S. The lowest BCUT2D eigenvalue weighted by atomic mass is 10.2. The molecule has 0 saturated carbocycles. The summed E-state index contributed by atoms with van der Waals surface area (Å²) in [6, 6.07) is 4.29.